The van der Waals surface area contributed by atoms with E-state index in [2.05, 4.69) is 18.0 Å². The van der Waals surface area contributed by atoms with Gasteiger partial charge in [-0.15, -0.1) is 6.58 Å². The van der Waals surface area contributed by atoms with Crippen molar-refractivity contribution in [2.24, 2.45) is 5.41 Å². The lowest BCUT2D eigenvalue weighted by Crippen LogP contribution is -2.55. The standard InChI is InChI=1S/C27H36FN5O4/c1-5-27(25(36)30-20-9-7-6-8-10-20)15-21(17-29)33(19-27)24(35)22(16-26(2,3)28)31(4)23(34)18-32-11-13-37-14-12-32/h5-10,21-22H,1,11-16,18-19H2,2-4H3,(H,30,36)/t21-,22-,27-/m0/s1. The van der Waals surface area contributed by atoms with Crippen LogP contribution in [-0.4, -0.2) is 96.6 Å². The summed E-state index contributed by atoms with van der Waals surface area (Å²) in [7, 11) is 1.48. The summed E-state index contributed by atoms with van der Waals surface area (Å²) < 4.78 is 20.2. The summed E-state index contributed by atoms with van der Waals surface area (Å²) in [5, 5.41) is 12.7. The Morgan fingerprint density at radius 1 is 1.32 bits per heavy atom. The van der Waals surface area contributed by atoms with E-state index in [9.17, 15) is 24.0 Å². The maximum atomic E-state index is 14.9. The Labute approximate surface area is 217 Å². The highest BCUT2D eigenvalue weighted by atomic mass is 19.1. The van der Waals surface area contributed by atoms with Crippen LogP contribution in [0.3, 0.4) is 0 Å². The highest BCUT2D eigenvalue weighted by Gasteiger charge is 2.51. The predicted molar refractivity (Wildman–Crippen MR) is 137 cm³/mol. The molecule has 0 radical (unpaired) electrons. The van der Waals surface area contributed by atoms with Crippen molar-refractivity contribution in [1.82, 2.24) is 14.7 Å². The lowest BCUT2D eigenvalue weighted by atomic mass is 9.84. The van der Waals surface area contributed by atoms with Gasteiger partial charge in [-0.1, -0.05) is 24.3 Å². The van der Waals surface area contributed by atoms with Gasteiger partial charge in [0, 0.05) is 45.2 Å². The zero-order chi connectivity index (χ0) is 27.2. The highest BCUT2D eigenvalue weighted by molar-refractivity contribution is 5.98. The Balaban J connectivity index is 1.82. The van der Waals surface area contributed by atoms with E-state index in [-0.39, 0.29) is 37.7 Å². The van der Waals surface area contributed by atoms with Crippen LogP contribution in [0, 0.1) is 16.7 Å². The number of benzene rings is 1. The van der Waals surface area contributed by atoms with Crippen LogP contribution in [0.4, 0.5) is 10.1 Å². The number of para-hydroxylation sites is 1. The highest BCUT2D eigenvalue weighted by Crippen LogP contribution is 2.38. The second-order valence-electron chi connectivity index (χ2n) is 10.3. The summed E-state index contributed by atoms with van der Waals surface area (Å²) in [5.41, 5.74) is -2.38. The number of morpholine rings is 1. The first-order chi connectivity index (χ1) is 17.5. The second kappa shape index (κ2) is 11.8. The zero-order valence-electron chi connectivity index (χ0n) is 21.8. The maximum Gasteiger partial charge on any atom is 0.246 e. The van der Waals surface area contributed by atoms with E-state index in [1.54, 1.807) is 24.3 Å². The average Bonchev–Trinajstić information content (AvgIpc) is 3.28. The smallest absolute Gasteiger partial charge is 0.246 e. The van der Waals surface area contributed by atoms with Gasteiger partial charge in [-0.05, 0) is 26.0 Å². The first-order valence-electron chi connectivity index (χ1n) is 12.4. The molecule has 9 nitrogen and oxygen atoms in total. The SMILES string of the molecule is C=C[C@]1(C(=O)Nc2ccccc2)C[C@@H](C#N)N(C(=O)[C@H](CC(C)(C)F)N(C)C(=O)CN2CCOCC2)C1. The quantitative estimate of drug-likeness (QED) is 0.508. The minimum atomic E-state index is -1.75. The molecule has 2 saturated heterocycles. The van der Waals surface area contributed by atoms with Gasteiger partial charge in [0.15, 0.2) is 0 Å². The van der Waals surface area contributed by atoms with Gasteiger partial charge >= 0.3 is 0 Å². The third kappa shape index (κ3) is 6.93. The van der Waals surface area contributed by atoms with Gasteiger partial charge in [0.1, 0.15) is 17.8 Å². The molecule has 10 heteroatoms. The van der Waals surface area contributed by atoms with Crippen molar-refractivity contribution in [2.45, 2.75) is 44.4 Å². The van der Waals surface area contributed by atoms with Gasteiger partial charge in [0.25, 0.3) is 0 Å². The molecular formula is C27H36FN5O4. The monoisotopic (exact) mass is 513 g/mol. The van der Waals surface area contributed by atoms with E-state index >= 15 is 0 Å². The number of rotatable bonds is 9. The fraction of sp³-hybridized carbons (Fsp3) is 0.556. The average molecular weight is 514 g/mol. The van der Waals surface area contributed by atoms with Crippen molar-refractivity contribution in [3.63, 3.8) is 0 Å². The summed E-state index contributed by atoms with van der Waals surface area (Å²) in [4.78, 5) is 44.7. The van der Waals surface area contributed by atoms with Crippen LogP contribution in [-0.2, 0) is 19.1 Å². The van der Waals surface area contributed by atoms with Gasteiger partial charge < -0.3 is 19.9 Å². The van der Waals surface area contributed by atoms with Crippen LogP contribution >= 0.6 is 0 Å². The molecule has 3 rings (SSSR count). The van der Waals surface area contributed by atoms with Gasteiger partial charge in [0.05, 0.1) is 31.2 Å². The number of carbonyl (C=O) groups is 3. The summed E-state index contributed by atoms with van der Waals surface area (Å²) in [5.74, 6) is -1.27. The predicted octanol–water partition coefficient (Wildman–Crippen LogP) is 2.22. The number of anilines is 1. The van der Waals surface area contributed by atoms with Crippen molar-refractivity contribution in [3.8, 4) is 6.07 Å². The number of likely N-dealkylation sites (N-methyl/N-ethyl adjacent to an activating group) is 1. The Morgan fingerprint density at radius 3 is 2.54 bits per heavy atom. The number of carbonyl (C=O) groups excluding carboxylic acids is 3. The normalized spacial score (nSPS) is 23.1. The van der Waals surface area contributed by atoms with Crippen molar-refractivity contribution >= 4 is 23.4 Å². The summed E-state index contributed by atoms with van der Waals surface area (Å²) in [6, 6.07) is 8.91. The van der Waals surface area contributed by atoms with Crippen LogP contribution in [0.25, 0.3) is 0 Å². The number of hydrogen-bond donors (Lipinski definition) is 1. The molecule has 2 aliphatic heterocycles. The molecule has 0 aromatic heterocycles. The van der Waals surface area contributed by atoms with Gasteiger partial charge in [-0.25, -0.2) is 4.39 Å². The molecule has 3 atom stereocenters. The summed E-state index contributed by atoms with van der Waals surface area (Å²) in [6.45, 7) is 8.72. The first kappa shape index (κ1) is 28.3. The number of halogens is 1. The second-order valence-corrected chi connectivity index (χ2v) is 10.3. The van der Waals surface area contributed by atoms with E-state index in [1.807, 2.05) is 11.0 Å². The van der Waals surface area contributed by atoms with Gasteiger partial charge in [0.2, 0.25) is 17.7 Å². The van der Waals surface area contributed by atoms with Crippen LogP contribution < -0.4 is 5.32 Å². The number of nitrogens with zero attached hydrogens (tertiary/aromatic N) is 4. The third-order valence-corrected chi connectivity index (χ3v) is 6.98. The molecular weight excluding hydrogens is 477 g/mol. The third-order valence-electron chi connectivity index (χ3n) is 6.98. The van der Waals surface area contributed by atoms with Crippen LogP contribution in [0.2, 0.25) is 0 Å². The number of hydrogen-bond acceptors (Lipinski definition) is 6. The molecule has 1 N–H and O–H groups in total. The largest absolute Gasteiger partial charge is 0.379 e. The van der Waals surface area contributed by atoms with Crippen molar-refractivity contribution in [2.75, 3.05) is 51.8 Å². The number of ether oxygens (including phenoxy) is 1. The van der Waals surface area contributed by atoms with E-state index in [0.717, 1.165) is 0 Å². The minimum absolute atomic E-state index is 0.0502. The van der Waals surface area contributed by atoms with Gasteiger partial charge in [-0.2, -0.15) is 5.26 Å². The number of nitriles is 1. The minimum Gasteiger partial charge on any atom is -0.379 e. The van der Waals surface area contributed by atoms with Crippen LogP contribution in [0.1, 0.15) is 26.7 Å². The fourth-order valence-corrected chi connectivity index (χ4v) is 4.74. The summed E-state index contributed by atoms with van der Waals surface area (Å²) >= 11 is 0. The number of likely N-dealkylation sites (tertiary alicyclic amines) is 1. The lowest BCUT2D eigenvalue weighted by molar-refractivity contribution is -0.147. The van der Waals surface area contributed by atoms with E-state index < -0.39 is 29.1 Å². The molecule has 0 spiro atoms. The van der Waals surface area contributed by atoms with Crippen LogP contribution in [0.15, 0.2) is 43.0 Å². The molecule has 1 aromatic carbocycles. The van der Waals surface area contributed by atoms with Crippen LogP contribution in [0.5, 0.6) is 0 Å². The molecule has 0 bridgehead atoms. The number of amides is 3. The first-order valence-corrected chi connectivity index (χ1v) is 12.4. The Hall–Kier alpha value is -3.29. The van der Waals surface area contributed by atoms with Crippen molar-refractivity contribution < 1.29 is 23.5 Å². The molecule has 2 heterocycles. The Morgan fingerprint density at radius 2 is 1.97 bits per heavy atom. The fourth-order valence-electron chi connectivity index (χ4n) is 4.74. The molecule has 3 amide bonds. The zero-order valence-corrected chi connectivity index (χ0v) is 21.8. The topological polar surface area (TPSA) is 106 Å². The van der Waals surface area contributed by atoms with E-state index in [1.165, 1.54) is 36.8 Å². The van der Waals surface area contributed by atoms with Crippen molar-refractivity contribution in [3.05, 3.63) is 43.0 Å². The summed E-state index contributed by atoms with van der Waals surface area (Å²) in [6.07, 6.45) is 1.27. The van der Waals surface area contributed by atoms with E-state index in [4.69, 9.17) is 4.74 Å². The molecule has 0 saturated carbocycles. The molecule has 200 valence electrons. The maximum absolute atomic E-state index is 14.9. The molecule has 1 aromatic rings. The molecule has 2 aliphatic rings. The molecule has 0 unspecified atom stereocenters. The molecule has 0 aliphatic carbocycles. The van der Waals surface area contributed by atoms with Crippen molar-refractivity contribution in [1.29, 1.82) is 5.26 Å². The Kier molecular flexibility index (Phi) is 9.05. The molecule has 37 heavy (non-hydrogen) atoms. The lowest BCUT2D eigenvalue weighted by Gasteiger charge is -2.36. The number of alkyl halides is 1. The van der Waals surface area contributed by atoms with Gasteiger partial charge in [-0.3, -0.25) is 19.3 Å². The number of nitrogens with one attached hydrogen (secondary N) is 1. The Bertz CT molecular complexity index is 1030. The molecule has 2 fully saturated rings. The van der Waals surface area contributed by atoms with E-state index in [0.29, 0.717) is 32.0 Å².